The van der Waals surface area contributed by atoms with E-state index in [0.29, 0.717) is 6.04 Å². The first kappa shape index (κ1) is 14.9. The highest BCUT2D eigenvalue weighted by Crippen LogP contribution is 2.24. The fraction of sp³-hybridized carbons (Fsp3) is 0.562. The maximum Gasteiger partial charge on any atom is 0.169 e. The summed E-state index contributed by atoms with van der Waals surface area (Å²) in [5.41, 5.74) is 0.458. The molecule has 1 aromatic rings. The lowest BCUT2D eigenvalue weighted by Crippen LogP contribution is -2.41. The molecule has 2 heteroatoms. The number of carbonyl (C=O) groups is 1. The van der Waals surface area contributed by atoms with Gasteiger partial charge in [0.25, 0.3) is 0 Å². The molecule has 0 aliphatic heterocycles. The standard InChI is InChI=1S/C16H25NO/c1-6-13(2)17(5)12-16(3,4)15(18)14-10-8-7-9-11-14/h7-11,13H,6,12H2,1-5H3. The van der Waals surface area contributed by atoms with Crippen LogP contribution in [0.25, 0.3) is 0 Å². The lowest BCUT2D eigenvalue weighted by molar-refractivity contribution is 0.0755. The zero-order valence-corrected chi connectivity index (χ0v) is 12.2. The van der Waals surface area contributed by atoms with Crippen molar-refractivity contribution in [3.8, 4) is 0 Å². The molecule has 0 saturated heterocycles. The molecule has 1 aromatic carbocycles. The van der Waals surface area contributed by atoms with Crippen molar-refractivity contribution in [2.45, 2.75) is 40.2 Å². The molecule has 0 heterocycles. The molecule has 0 amide bonds. The zero-order valence-electron chi connectivity index (χ0n) is 12.2. The second-order valence-electron chi connectivity index (χ2n) is 5.75. The molecule has 18 heavy (non-hydrogen) atoms. The number of benzene rings is 1. The number of hydrogen-bond donors (Lipinski definition) is 0. The van der Waals surface area contributed by atoms with E-state index in [1.54, 1.807) is 0 Å². The smallest absolute Gasteiger partial charge is 0.169 e. The van der Waals surface area contributed by atoms with Gasteiger partial charge in [-0.15, -0.1) is 0 Å². The van der Waals surface area contributed by atoms with Crippen LogP contribution in [-0.2, 0) is 0 Å². The van der Waals surface area contributed by atoms with Crippen LogP contribution in [0.3, 0.4) is 0 Å². The summed E-state index contributed by atoms with van der Waals surface area (Å²) in [5, 5.41) is 0. The van der Waals surface area contributed by atoms with Crippen molar-refractivity contribution < 1.29 is 4.79 Å². The Hall–Kier alpha value is -1.15. The Labute approximate surface area is 111 Å². The van der Waals surface area contributed by atoms with E-state index in [-0.39, 0.29) is 11.2 Å². The summed E-state index contributed by atoms with van der Waals surface area (Å²) < 4.78 is 0. The quantitative estimate of drug-likeness (QED) is 0.715. The monoisotopic (exact) mass is 247 g/mol. The van der Waals surface area contributed by atoms with Crippen molar-refractivity contribution in [1.29, 1.82) is 0 Å². The number of carbonyl (C=O) groups excluding carboxylic acids is 1. The van der Waals surface area contributed by atoms with Crippen molar-refractivity contribution in [2.75, 3.05) is 13.6 Å². The van der Waals surface area contributed by atoms with E-state index >= 15 is 0 Å². The Morgan fingerprint density at radius 3 is 2.33 bits per heavy atom. The first-order valence-electron chi connectivity index (χ1n) is 6.68. The third kappa shape index (κ3) is 3.67. The van der Waals surface area contributed by atoms with Gasteiger partial charge in [-0.1, -0.05) is 51.1 Å². The topological polar surface area (TPSA) is 20.3 Å². The molecule has 1 rings (SSSR count). The summed E-state index contributed by atoms with van der Waals surface area (Å²) in [6, 6.07) is 10.1. The van der Waals surface area contributed by atoms with Crippen LogP contribution >= 0.6 is 0 Å². The van der Waals surface area contributed by atoms with Crippen LogP contribution in [0, 0.1) is 5.41 Å². The number of ketones is 1. The maximum atomic E-state index is 12.5. The minimum absolute atomic E-state index is 0.221. The van der Waals surface area contributed by atoms with Gasteiger partial charge in [-0.25, -0.2) is 0 Å². The third-order valence-corrected chi connectivity index (χ3v) is 3.64. The van der Waals surface area contributed by atoms with Gasteiger partial charge in [0.15, 0.2) is 5.78 Å². The first-order chi connectivity index (χ1) is 8.38. The minimum Gasteiger partial charge on any atom is -0.303 e. The summed E-state index contributed by atoms with van der Waals surface area (Å²) in [4.78, 5) is 14.8. The van der Waals surface area contributed by atoms with Crippen LogP contribution in [0.4, 0.5) is 0 Å². The molecule has 0 bridgehead atoms. The van der Waals surface area contributed by atoms with Crippen LogP contribution in [0.5, 0.6) is 0 Å². The number of nitrogens with zero attached hydrogens (tertiary/aromatic N) is 1. The normalized spacial score (nSPS) is 13.7. The third-order valence-electron chi connectivity index (χ3n) is 3.64. The second kappa shape index (κ2) is 6.14. The number of rotatable bonds is 6. The molecular formula is C16H25NO. The molecule has 1 atom stereocenters. The fourth-order valence-electron chi connectivity index (χ4n) is 2.14. The Morgan fingerprint density at radius 2 is 1.83 bits per heavy atom. The van der Waals surface area contributed by atoms with Gasteiger partial charge < -0.3 is 4.90 Å². The molecule has 0 saturated carbocycles. The Kier molecular flexibility index (Phi) is 5.09. The van der Waals surface area contributed by atoms with E-state index in [9.17, 15) is 4.79 Å². The van der Waals surface area contributed by atoms with Gasteiger partial charge in [0.2, 0.25) is 0 Å². The minimum atomic E-state index is -0.348. The van der Waals surface area contributed by atoms with Gasteiger partial charge in [0.05, 0.1) is 0 Å². The van der Waals surface area contributed by atoms with Crippen molar-refractivity contribution in [2.24, 2.45) is 5.41 Å². The molecule has 0 aromatic heterocycles. The van der Waals surface area contributed by atoms with Gasteiger partial charge in [0, 0.05) is 23.6 Å². The number of Topliss-reactive ketones (excluding diaryl/α,β-unsaturated/α-hetero) is 1. The van der Waals surface area contributed by atoms with Gasteiger partial charge in [-0.2, -0.15) is 0 Å². The SMILES string of the molecule is CCC(C)N(C)CC(C)(C)C(=O)c1ccccc1. The summed E-state index contributed by atoms with van der Waals surface area (Å²) in [5.74, 6) is 0.221. The highest BCUT2D eigenvalue weighted by molar-refractivity contribution is 6.00. The molecule has 0 fully saturated rings. The Bertz CT molecular complexity index is 383. The molecule has 0 N–H and O–H groups in total. The van der Waals surface area contributed by atoms with Crippen LogP contribution in [-0.4, -0.2) is 30.3 Å². The average Bonchev–Trinajstić information content (AvgIpc) is 2.37. The molecule has 0 radical (unpaired) electrons. The fourth-order valence-corrected chi connectivity index (χ4v) is 2.14. The first-order valence-corrected chi connectivity index (χ1v) is 6.68. The van der Waals surface area contributed by atoms with Crippen molar-refractivity contribution in [3.05, 3.63) is 35.9 Å². The van der Waals surface area contributed by atoms with E-state index in [1.807, 2.05) is 44.2 Å². The predicted molar refractivity (Wildman–Crippen MR) is 76.9 cm³/mol. The average molecular weight is 247 g/mol. The van der Waals surface area contributed by atoms with Crippen molar-refractivity contribution >= 4 is 5.78 Å². The highest BCUT2D eigenvalue weighted by Gasteiger charge is 2.30. The molecule has 100 valence electrons. The molecular weight excluding hydrogens is 222 g/mol. The van der Waals surface area contributed by atoms with E-state index < -0.39 is 0 Å². The lowest BCUT2D eigenvalue weighted by Gasteiger charge is -2.32. The molecule has 0 spiro atoms. The lowest BCUT2D eigenvalue weighted by atomic mass is 9.83. The molecule has 0 aliphatic carbocycles. The van der Waals surface area contributed by atoms with Gasteiger partial charge >= 0.3 is 0 Å². The zero-order chi connectivity index (χ0) is 13.8. The summed E-state index contributed by atoms with van der Waals surface area (Å²) in [6.07, 6.45) is 1.10. The molecule has 0 aliphatic rings. The van der Waals surface area contributed by atoms with E-state index in [4.69, 9.17) is 0 Å². The van der Waals surface area contributed by atoms with Gasteiger partial charge in [-0.05, 0) is 20.4 Å². The Morgan fingerprint density at radius 1 is 1.28 bits per heavy atom. The van der Waals surface area contributed by atoms with Crippen molar-refractivity contribution in [1.82, 2.24) is 4.90 Å². The van der Waals surface area contributed by atoms with Crippen molar-refractivity contribution in [3.63, 3.8) is 0 Å². The highest BCUT2D eigenvalue weighted by atomic mass is 16.1. The van der Waals surface area contributed by atoms with Crippen LogP contribution < -0.4 is 0 Å². The van der Waals surface area contributed by atoms with Crippen LogP contribution in [0.15, 0.2) is 30.3 Å². The summed E-state index contributed by atoms with van der Waals surface area (Å²) in [7, 11) is 2.09. The van der Waals surface area contributed by atoms with E-state index in [2.05, 4.69) is 25.8 Å². The second-order valence-corrected chi connectivity index (χ2v) is 5.75. The van der Waals surface area contributed by atoms with E-state index in [0.717, 1.165) is 18.5 Å². The largest absolute Gasteiger partial charge is 0.303 e. The molecule has 1 unspecified atom stereocenters. The molecule has 2 nitrogen and oxygen atoms in total. The van der Waals surface area contributed by atoms with Gasteiger partial charge in [0.1, 0.15) is 0 Å². The van der Waals surface area contributed by atoms with Crippen LogP contribution in [0.2, 0.25) is 0 Å². The van der Waals surface area contributed by atoms with Gasteiger partial charge in [-0.3, -0.25) is 4.79 Å². The summed E-state index contributed by atoms with van der Waals surface area (Å²) in [6.45, 7) is 9.22. The van der Waals surface area contributed by atoms with E-state index in [1.165, 1.54) is 0 Å². The predicted octanol–water partition coefficient (Wildman–Crippen LogP) is 3.63. The summed E-state index contributed by atoms with van der Waals surface area (Å²) >= 11 is 0. The Balaban J connectivity index is 2.77. The maximum absolute atomic E-state index is 12.5. The van der Waals surface area contributed by atoms with Crippen LogP contribution in [0.1, 0.15) is 44.5 Å². The number of hydrogen-bond acceptors (Lipinski definition) is 2.